The van der Waals surface area contributed by atoms with Crippen LogP contribution < -0.4 is 29.5 Å². The second-order valence-corrected chi connectivity index (χ2v) is 13.8. The Labute approximate surface area is 317 Å². The highest BCUT2D eigenvalue weighted by Gasteiger charge is 2.37. The van der Waals surface area contributed by atoms with Gasteiger partial charge in [-0.25, -0.2) is 29.3 Å². The number of urea groups is 1. The lowest BCUT2D eigenvalue weighted by atomic mass is 10.2. The molecule has 0 saturated carbocycles. The number of phenols is 1. The fourth-order valence-electron chi connectivity index (χ4n) is 4.34. The number of methoxy groups -OCH3 is 2. The van der Waals surface area contributed by atoms with Crippen LogP contribution in [0.3, 0.4) is 0 Å². The number of nitrogens with one attached hydrogen (secondary N) is 1. The van der Waals surface area contributed by atoms with E-state index in [2.05, 4.69) is 21.9 Å². The number of ether oxygens (including phenoxy) is 5. The molecule has 0 spiro atoms. The Morgan fingerprint density at radius 2 is 1.53 bits per heavy atom. The number of carbonyl (C=O) groups is 4. The van der Waals surface area contributed by atoms with E-state index < -0.39 is 51.8 Å². The van der Waals surface area contributed by atoms with Crippen molar-refractivity contribution in [1.29, 1.82) is 0 Å². The highest BCUT2D eigenvalue weighted by molar-refractivity contribution is 6.43. The van der Waals surface area contributed by atoms with Crippen molar-refractivity contribution >= 4 is 76.0 Å². The summed E-state index contributed by atoms with van der Waals surface area (Å²) in [6.07, 6.45) is -0.0176. The number of hydrogen-bond donors (Lipinski definition) is 2. The van der Waals surface area contributed by atoms with Crippen LogP contribution >= 0.6 is 23.2 Å². The third-order valence-corrected chi connectivity index (χ3v) is 7.36. The molecule has 0 aliphatic heterocycles. The van der Waals surface area contributed by atoms with Crippen LogP contribution in [0.4, 0.5) is 43.1 Å². The quantitative estimate of drug-likeness (QED) is 0.143. The Bertz CT molecular complexity index is 1860. The molecule has 3 aromatic rings. The van der Waals surface area contributed by atoms with Gasteiger partial charge in [0.1, 0.15) is 68.8 Å². The first-order chi connectivity index (χ1) is 24.7. The Balaban J connectivity index is 2.23. The average molecular weight is 778 g/mol. The first-order valence-corrected chi connectivity index (χ1v) is 16.6. The molecule has 5 amide bonds. The number of benzene rings is 2. The summed E-state index contributed by atoms with van der Waals surface area (Å²) in [6, 6.07) is 5.80. The minimum Gasteiger partial charge on any atom is -0.506 e. The molecule has 3 rings (SSSR count). The zero-order valence-electron chi connectivity index (χ0n) is 30.8. The second kappa shape index (κ2) is 17.5. The summed E-state index contributed by atoms with van der Waals surface area (Å²) in [6.45, 7) is 13.7. The number of anilines is 5. The molecule has 0 radical (unpaired) electrons. The topological polar surface area (TPSA) is 182 Å². The highest BCUT2D eigenvalue weighted by Crippen LogP contribution is 2.46. The van der Waals surface area contributed by atoms with Crippen molar-refractivity contribution in [1.82, 2.24) is 9.97 Å². The van der Waals surface area contributed by atoms with Crippen molar-refractivity contribution in [3.8, 4) is 17.2 Å². The van der Waals surface area contributed by atoms with Gasteiger partial charge in [0.2, 0.25) is 5.91 Å². The predicted octanol–water partition coefficient (Wildman–Crippen LogP) is 7.72. The second-order valence-electron chi connectivity index (χ2n) is 13.0. The zero-order valence-corrected chi connectivity index (χ0v) is 32.3. The van der Waals surface area contributed by atoms with E-state index in [9.17, 15) is 24.3 Å². The lowest BCUT2D eigenvalue weighted by molar-refractivity contribution is -0.111. The molecule has 1 heterocycles. The number of hydrogen-bond acceptors (Lipinski definition) is 12. The Morgan fingerprint density at radius 1 is 0.906 bits per heavy atom. The molecule has 53 heavy (non-hydrogen) atoms. The summed E-state index contributed by atoms with van der Waals surface area (Å²) in [5.41, 5.74) is -2.31. The van der Waals surface area contributed by atoms with E-state index in [-0.39, 0.29) is 40.4 Å². The third-order valence-electron chi connectivity index (χ3n) is 6.62. The van der Waals surface area contributed by atoms with E-state index >= 15 is 0 Å². The van der Waals surface area contributed by atoms with Gasteiger partial charge in [-0.1, -0.05) is 29.8 Å². The largest absolute Gasteiger partial charge is 0.506 e. The summed E-state index contributed by atoms with van der Waals surface area (Å²) in [5, 5.41) is 12.5. The Kier molecular flexibility index (Phi) is 13.9. The molecule has 0 fully saturated rings. The lowest BCUT2D eigenvalue weighted by Gasteiger charge is -2.31. The monoisotopic (exact) mass is 776 g/mol. The van der Waals surface area contributed by atoms with Crippen LogP contribution in [0.15, 0.2) is 49.3 Å². The summed E-state index contributed by atoms with van der Waals surface area (Å²) in [7, 11) is 4.05. The number of imide groups is 1. The van der Waals surface area contributed by atoms with E-state index in [1.54, 1.807) is 47.6 Å². The summed E-state index contributed by atoms with van der Waals surface area (Å²) in [4.78, 5) is 65.3. The highest BCUT2D eigenvalue weighted by atomic mass is 35.5. The van der Waals surface area contributed by atoms with Gasteiger partial charge < -0.3 is 34.1 Å². The van der Waals surface area contributed by atoms with Gasteiger partial charge in [0, 0.05) is 32.4 Å². The van der Waals surface area contributed by atoms with E-state index in [4.69, 9.17) is 46.9 Å². The zero-order chi connectivity index (χ0) is 39.8. The summed E-state index contributed by atoms with van der Waals surface area (Å²) < 4.78 is 27.2. The van der Waals surface area contributed by atoms with Gasteiger partial charge in [0.15, 0.2) is 0 Å². The molecule has 0 unspecified atom stereocenters. The summed E-state index contributed by atoms with van der Waals surface area (Å²) >= 11 is 13.0. The van der Waals surface area contributed by atoms with Crippen molar-refractivity contribution in [2.75, 3.05) is 54.5 Å². The van der Waals surface area contributed by atoms with Crippen LogP contribution in [0.1, 0.15) is 41.5 Å². The van der Waals surface area contributed by atoms with Crippen LogP contribution in [0, 0.1) is 0 Å². The number of phenolic OH excluding ortho intramolecular Hbond substituents is 1. The predicted molar refractivity (Wildman–Crippen MR) is 200 cm³/mol. The van der Waals surface area contributed by atoms with Gasteiger partial charge in [-0.3, -0.25) is 9.69 Å². The van der Waals surface area contributed by atoms with Crippen molar-refractivity contribution in [3.63, 3.8) is 0 Å². The summed E-state index contributed by atoms with van der Waals surface area (Å²) in [5.74, 6) is -1.16. The standard InChI is InChI=1S/C35H42Cl2N6O10/c1-11-27(45)40-21-16-20(51-15-14-49-9)12-13-22(21)42(32(47)52-34(2,3)4)26-18-25(38-19-39-26)41(8)31(46)43(33(48)53-35(5,6)7)30-28(36)23(44)17-24(50-10)29(30)37/h11-13,16-19,44H,1,14-15H2,2-10H3,(H,40,45). The first-order valence-electron chi connectivity index (χ1n) is 15.8. The van der Waals surface area contributed by atoms with E-state index in [0.717, 1.165) is 28.3 Å². The molecule has 0 aliphatic rings. The lowest BCUT2D eigenvalue weighted by Crippen LogP contribution is -2.47. The number of nitrogens with zero attached hydrogens (tertiary/aromatic N) is 5. The smallest absolute Gasteiger partial charge is 0.423 e. The number of aromatic hydroxyl groups is 1. The van der Waals surface area contributed by atoms with Gasteiger partial charge in [0.25, 0.3) is 0 Å². The van der Waals surface area contributed by atoms with Gasteiger partial charge in [-0.05, 0) is 59.8 Å². The van der Waals surface area contributed by atoms with Gasteiger partial charge >= 0.3 is 18.2 Å². The van der Waals surface area contributed by atoms with E-state index in [1.807, 2.05) is 0 Å². The molecular weight excluding hydrogens is 735 g/mol. The first kappa shape index (κ1) is 42.1. The Morgan fingerprint density at radius 3 is 2.11 bits per heavy atom. The maximum absolute atomic E-state index is 14.3. The van der Waals surface area contributed by atoms with E-state index in [1.165, 1.54) is 39.5 Å². The number of rotatable bonds is 11. The molecule has 286 valence electrons. The van der Waals surface area contributed by atoms with Crippen molar-refractivity contribution in [3.05, 3.63) is 59.4 Å². The van der Waals surface area contributed by atoms with Crippen LogP contribution in [0.25, 0.3) is 0 Å². The molecular formula is C35H42Cl2N6O10. The molecule has 0 atom stereocenters. The average Bonchev–Trinajstić information content (AvgIpc) is 3.07. The molecule has 0 saturated heterocycles. The number of amides is 5. The van der Waals surface area contributed by atoms with Crippen molar-refractivity contribution < 1.29 is 48.0 Å². The Hall–Kier alpha value is -5.32. The number of halogens is 2. The third kappa shape index (κ3) is 10.8. The number of aromatic nitrogens is 2. The fraction of sp³-hybridized carbons (Fsp3) is 0.371. The molecule has 16 nitrogen and oxygen atoms in total. The number of carbonyl (C=O) groups excluding carboxylic acids is 4. The molecule has 0 aliphatic carbocycles. The van der Waals surface area contributed by atoms with Crippen molar-refractivity contribution in [2.45, 2.75) is 52.7 Å². The van der Waals surface area contributed by atoms with E-state index in [0.29, 0.717) is 17.3 Å². The molecule has 18 heteroatoms. The van der Waals surface area contributed by atoms with Crippen LogP contribution in [0.5, 0.6) is 17.2 Å². The van der Waals surface area contributed by atoms with Crippen LogP contribution in [0.2, 0.25) is 10.0 Å². The molecule has 1 aromatic heterocycles. The normalized spacial score (nSPS) is 11.2. The molecule has 0 bridgehead atoms. The maximum Gasteiger partial charge on any atom is 0.423 e. The minimum atomic E-state index is -1.20. The molecule has 2 N–H and O–H groups in total. The minimum absolute atomic E-state index is 0.0907. The SMILES string of the molecule is C=CC(=O)Nc1cc(OCCOC)ccc1N(C(=O)OC(C)(C)C)c1cc(N(C)C(=O)N(C(=O)OC(C)(C)C)c2c(Cl)c(O)cc(OC)c2Cl)ncn1. The van der Waals surface area contributed by atoms with Gasteiger partial charge in [-0.15, -0.1) is 0 Å². The van der Waals surface area contributed by atoms with Crippen molar-refractivity contribution in [2.24, 2.45) is 0 Å². The van der Waals surface area contributed by atoms with Gasteiger partial charge in [0.05, 0.1) is 25.1 Å². The molecule has 2 aromatic carbocycles. The maximum atomic E-state index is 14.3. The van der Waals surface area contributed by atoms with Gasteiger partial charge in [-0.2, -0.15) is 4.90 Å². The van der Waals surface area contributed by atoms with Crippen LogP contribution in [-0.2, 0) is 19.0 Å². The van der Waals surface area contributed by atoms with Crippen LogP contribution in [-0.4, -0.2) is 84.9 Å². The fourth-order valence-corrected chi connectivity index (χ4v) is 4.94.